The summed E-state index contributed by atoms with van der Waals surface area (Å²) in [5, 5.41) is 0. The molecule has 5 heteroatoms. The highest BCUT2D eigenvalue weighted by atomic mass is 35.5. The molecule has 1 amide bonds. The predicted molar refractivity (Wildman–Crippen MR) is 65.8 cm³/mol. The molecule has 0 aliphatic heterocycles. The SMILES string of the molecule is C#CC1(OC[C@H](CCl)OC(N)=O)CCCCC1. The number of carbonyl (C=O) groups excluding carboxylic acids is 1. The van der Waals surface area contributed by atoms with E-state index in [0.29, 0.717) is 0 Å². The maximum Gasteiger partial charge on any atom is 0.404 e. The van der Waals surface area contributed by atoms with E-state index < -0.39 is 17.8 Å². The van der Waals surface area contributed by atoms with Crippen LogP contribution in [0.15, 0.2) is 0 Å². The number of rotatable bonds is 5. The van der Waals surface area contributed by atoms with Crippen molar-refractivity contribution in [1.29, 1.82) is 0 Å². The molecule has 0 unspecified atom stereocenters. The van der Waals surface area contributed by atoms with Gasteiger partial charge in [0.05, 0.1) is 12.5 Å². The first-order chi connectivity index (χ1) is 8.12. The molecule has 0 bridgehead atoms. The standard InChI is InChI=1S/C12H18ClNO3/c1-2-12(6-4-3-5-7-12)16-9-10(8-13)17-11(14)15/h1,10H,3-9H2,(H2,14,15)/t10-/m0/s1. The van der Waals surface area contributed by atoms with Crippen LogP contribution >= 0.6 is 11.6 Å². The zero-order chi connectivity index (χ0) is 12.7. The molecule has 0 saturated heterocycles. The van der Waals surface area contributed by atoms with Crippen LogP contribution in [0.3, 0.4) is 0 Å². The molecule has 96 valence electrons. The Hall–Kier alpha value is -0.920. The van der Waals surface area contributed by atoms with E-state index in [1.165, 1.54) is 6.42 Å². The third-order valence-electron chi connectivity index (χ3n) is 2.92. The second kappa shape index (κ2) is 6.73. The summed E-state index contributed by atoms with van der Waals surface area (Å²) in [6, 6.07) is 0. The van der Waals surface area contributed by atoms with Crippen LogP contribution in [0.2, 0.25) is 0 Å². The van der Waals surface area contributed by atoms with Crippen molar-refractivity contribution in [2.24, 2.45) is 5.73 Å². The quantitative estimate of drug-likeness (QED) is 0.607. The molecule has 1 fully saturated rings. The Morgan fingerprint density at radius 3 is 2.59 bits per heavy atom. The van der Waals surface area contributed by atoms with Crippen LogP contribution in [-0.4, -0.2) is 30.3 Å². The van der Waals surface area contributed by atoms with Crippen molar-refractivity contribution in [3.05, 3.63) is 0 Å². The van der Waals surface area contributed by atoms with E-state index in [2.05, 4.69) is 5.92 Å². The van der Waals surface area contributed by atoms with E-state index in [1.807, 2.05) is 0 Å². The van der Waals surface area contributed by atoms with Gasteiger partial charge < -0.3 is 15.2 Å². The topological polar surface area (TPSA) is 61.6 Å². The zero-order valence-corrected chi connectivity index (χ0v) is 10.5. The van der Waals surface area contributed by atoms with Gasteiger partial charge in [-0.1, -0.05) is 12.3 Å². The molecule has 1 atom stereocenters. The third-order valence-corrected chi connectivity index (χ3v) is 3.27. The number of halogens is 1. The van der Waals surface area contributed by atoms with Gasteiger partial charge in [0, 0.05) is 0 Å². The van der Waals surface area contributed by atoms with Gasteiger partial charge in [0.15, 0.2) is 0 Å². The predicted octanol–water partition coefficient (Wildman–Crippen LogP) is 2.04. The van der Waals surface area contributed by atoms with Crippen molar-refractivity contribution in [2.45, 2.75) is 43.8 Å². The van der Waals surface area contributed by atoms with E-state index in [9.17, 15) is 4.79 Å². The smallest absolute Gasteiger partial charge is 0.404 e. The fraction of sp³-hybridized carbons (Fsp3) is 0.750. The lowest BCUT2D eigenvalue weighted by atomic mass is 9.85. The average Bonchev–Trinajstić information content (AvgIpc) is 2.35. The maximum absolute atomic E-state index is 10.6. The lowest BCUT2D eigenvalue weighted by Gasteiger charge is -2.33. The average molecular weight is 260 g/mol. The van der Waals surface area contributed by atoms with Gasteiger partial charge in [0.25, 0.3) is 0 Å². The minimum Gasteiger partial charge on any atom is -0.443 e. The summed E-state index contributed by atoms with van der Waals surface area (Å²) in [7, 11) is 0. The van der Waals surface area contributed by atoms with Crippen LogP contribution in [0, 0.1) is 12.3 Å². The normalized spacial score (nSPS) is 20.2. The summed E-state index contributed by atoms with van der Waals surface area (Å²) >= 11 is 5.65. The first kappa shape index (κ1) is 14.1. The van der Waals surface area contributed by atoms with Crippen LogP contribution < -0.4 is 5.73 Å². The van der Waals surface area contributed by atoms with E-state index in [1.54, 1.807) is 0 Å². The molecule has 4 nitrogen and oxygen atoms in total. The van der Waals surface area contributed by atoms with Crippen molar-refractivity contribution < 1.29 is 14.3 Å². The van der Waals surface area contributed by atoms with Gasteiger partial charge >= 0.3 is 6.09 Å². The Labute approximate surface area is 107 Å². The van der Waals surface area contributed by atoms with Crippen LogP contribution in [-0.2, 0) is 9.47 Å². The first-order valence-electron chi connectivity index (χ1n) is 5.75. The Morgan fingerprint density at radius 1 is 1.47 bits per heavy atom. The van der Waals surface area contributed by atoms with E-state index in [-0.39, 0.29) is 12.5 Å². The van der Waals surface area contributed by atoms with E-state index >= 15 is 0 Å². The molecule has 1 aliphatic rings. The fourth-order valence-electron chi connectivity index (χ4n) is 1.98. The third kappa shape index (κ3) is 4.45. The Kier molecular flexibility index (Phi) is 5.60. The summed E-state index contributed by atoms with van der Waals surface area (Å²) in [5.41, 5.74) is 4.40. The van der Waals surface area contributed by atoms with Gasteiger partial charge in [-0.05, 0) is 25.7 Å². The molecule has 1 saturated carbocycles. The number of hydrogen-bond acceptors (Lipinski definition) is 3. The summed E-state index contributed by atoms with van der Waals surface area (Å²) in [6.45, 7) is 0.191. The van der Waals surface area contributed by atoms with Gasteiger partial charge in [0.1, 0.15) is 11.7 Å². The second-order valence-electron chi connectivity index (χ2n) is 4.22. The molecule has 0 spiro atoms. The molecule has 0 heterocycles. The zero-order valence-electron chi connectivity index (χ0n) is 9.78. The van der Waals surface area contributed by atoms with Gasteiger partial charge in [-0.2, -0.15) is 0 Å². The molecule has 1 rings (SSSR count). The van der Waals surface area contributed by atoms with Crippen molar-refractivity contribution >= 4 is 17.7 Å². The van der Waals surface area contributed by atoms with Crippen LogP contribution in [0.25, 0.3) is 0 Å². The molecule has 0 radical (unpaired) electrons. The largest absolute Gasteiger partial charge is 0.443 e. The molecule has 2 N–H and O–H groups in total. The Bertz CT molecular complexity index is 295. The summed E-state index contributed by atoms with van der Waals surface area (Å²) in [5.74, 6) is 2.86. The number of hydrogen-bond donors (Lipinski definition) is 1. The van der Waals surface area contributed by atoms with Crippen LogP contribution in [0.5, 0.6) is 0 Å². The van der Waals surface area contributed by atoms with E-state index in [4.69, 9.17) is 33.2 Å². The molecule has 17 heavy (non-hydrogen) atoms. The first-order valence-corrected chi connectivity index (χ1v) is 6.29. The van der Waals surface area contributed by atoms with Gasteiger partial charge in [0.2, 0.25) is 0 Å². The molecular weight excluding hydrogens is 242 g/mol. The highest BCUT2D eigenvalue weighted by Gasteiger charge is 2.31. The number of primary amides is 1. The number of ether oxygens (including phenoxy) is 2. The Balaban J connectivity index is 2.45. The number of amides is 1. The van der Waals surface area contributed by atoms with Gasteiger partial charge in [-0.25, -0.2) is 4.79 Å². The molecule has 1 aliphatic carbocycles. The van der Waals surface area contributed by atoms with Gasteiger partial charge in [-0.3, -0.25) is 0 Å². The number of terminal acetylenes is 1. The second-order valence-corrected chi connectivity index (χ2v) is 4.53. The highest BCUT2D eigenvalue weighted by molar-refractivity contribution is 6.18. The molecular formula is C12H18ClNO3. The number of alkyl halides is 1. The monoisotopic (exact) mass is 259 g/mol. The molecule has 0 aromatic rings. The van der Waals surface area contributed by atoms with Crippen molar-refractivity contribution in [1.82, 2.24) is 0 Å². The lowest BCUT2D eigenvalue weighted by Crippen LogP contribution is -2.38. The van der Waals surface area contributed by atoms with Crippen LogP contribution in [0.1, 0.15) is 32.1 Å². The van der Waals surface area contributed by atoms with E-state index in [0.717, 1.165) is 25.7 Å². The van der Waals surface area contributed by atoms with Crippen molar-refractivity contribution in [3.63, 3.8) is 0 Å². The minimum atomic E-state index is -0.849. The van der Waals surface area contributed by atoms with Gasteiger partial charge in [-0.15, -0.1) is 18.0 Å². The van der Waals surface area contributed by atoms with Crippen molar-refractivity contribution in [3.8, 4) is 12.3 Å². The highest BCUT2D eigenvalue weighted by Crippen LogP contribution is 2.31. The number of nitrogens with two attached hydrogens (primary N) is 1. The summed E-state index contributed by atoms with van der Waals surface area (Å²) < 4.78 is 10.5. The fourth-order valence-corrected chi connectivity index (χ4v) is 2.13. The number of carbonyl (C=O) groups is 1. The molecule has 0 aromatic carbocycles. The lowest BCUT2D eigenvalue weighted by molar-refractivity contribution is -0.0606. The summed E-state index contributed by atoms with van der Waals surface area (Å²) in [4.78, 5) is 10.6. The Morgan fingerprint density at radius 2 is 2.12 bits per heavy atom. The molecule has 0 aromatic heterocycles. The maximum atomic E-state index is 10.6. The van der Waals surface area contributed by atoms with Crippen LogP contribution in [0.4, 0.5) is 4.79 Å². The minimum absolute atomic E-state index is 0.142. The summed E-state index contributed by atoms with van der Waals surface area (Å²) in [6.07, 6.45) is 9.13. The van der Waals surface area contributed by atoms with Crippen molar-refractivity contribution in [2.75, 3.05) is 12.5 Å².